The van der Waals surface area contributed by atoms with Gasteiger partial charge in [-0.25, -0.2) is 9.97 Å². The molecule has 1 fully saturated rings. The van der Waals surface area contributed by atoms with E-state index in [2.05, 4.69) is 20.5 Å². The number of anilines is 5. The SMILES string of the molecule is COc1cc(Nc2nc3ccccc3nc2N(c2cccc(NC(=O)CN3CCCC3)c2)S(=O)[O-])cc(OC)c1. The smallest absolute Gasteiger partial charge is 0.238 e. The van der Waals surface area contributed by atoms with Crippen LogP contribution in [0.25, 0.3) is 11.0 Å². The van der Waals surface area contributed by atoms with Crippen molar-refractivity contribution in [3.05, 3.63) is 66.7 Å². The van der Waals surface area contributed by atoms with Gasteiger partial charge < -0.3 is 24.7 Å². The highest BCUT2D eigenvalue weighted by molar-refractivity contribution is 7.81. The quantitative estimate of drug-likeness (QED) is 0.271. The second-order valence-corrected chi connectivity index (χ2v) is 10.0. The lowest BCUT2D eigenvalue weighted by Crippen LogP contribution is -2.31. The van der Waals surface area contributed by atoms with Crippen molar-refractivity contribution in [2.75, 3.05) is 48.8 Å². The van der Waals surface area contributed by atoms with E-state index in [1.165, 1.54) is 0 Å². The molecule has 12 heteroatoms. The van der Waals surface area contributed by atoms with Crippen LogP contribution in [0.5, 0.6) is 11.5 Å². The fourth-order valence-electron chi connectivity index (χ4n) is 4.57. The molecule has 0 bridgehead atoms. The van der Waals surface area contributed by atoms with Gasteiger partial charge in [-0.05, 0) is 56.3 Å². The summed E-state index contributed by atoms with van der Waals surface area (Å²) in [4.78, 5) is 24.1. The minimum atomic E-state index is -2.78. The molecule has 0 saturated carbocycles. The van der Waals surface area contributed by atoms with Gasteiger partial charge in [0.05, 0.1) is 48.8 Å². The molecule has 1 aromatic heterocycles. The third kappa shape index (κ3) is 6.30. The Kier molecular flexibility index (Phi) is 8.39. The summed E-state index contributed by atoms with van der Waals surface area (Å²) >= 11 is -2.78. The fraction of sp³-hybridized carbons (Fsp3) is 0.250. The number of rotatable bonds is 10. The Balaban J connectivity index is 1.53. The molecule has 40 heavy (non-hydrogen) atoms. The Morgan fingerprint density at radius 3 is 2.27 bits per heavy atom. The van der Waals surface area contributed by atoms with Gasteiger partial charge in [-0.2, -0.15) is 0 Å². The van der Waals surface area contributed by atoms with E-state index >= 15 is 0 Å². The summed E-state index contributed by atoms with van der Waals surface area (Å²) in [5.41, 5.74) is 2.39. The number of hydrogen-bond donors (Lipinski definition) is 2. The standard InChI is InChI=1S/C28H30N6O5S/c1-38-22-15-20(16-23(17-22)39-2)30-27-28(32-25-11-4-3-10-24(25)31-27)34(40(36)37)21-9-7-8-19(14-21)29-26(35)18-33-12-5-6-13-33/h3-4,7-11,14-17H,5-6,12-13,18H2,1-2H3,(H,29,35)(H,30,31)(H,36,37)/p-1. The van der Waals surface area contributed by atoms with Crippen LogP contribution >= 0.6 is 0 Å². The minimum Gasteiger partial charge on any atom is -0.755 e. The predicted octanol–water partition coefficient (Wildman–Crippen LogP) is 4.36. The summed E-state index contributed by atoms with van der Waals surface area (Å²) in [5, 5.41) is 6.06. The first-order valence-corrected chi connectivity index (χ1v) is 13.8. The number of fused-ring (bicyclic) bond motifs is 1. The number of carbonyl (C=O) groups excluding carboxylic acids is 1. The second kappa shape index (κ2) is 12.3. The van der Waals surface area contributed by atoms with Crippen molar-refractivity contribution < 1.29 is 23.0 Å². The molecule has 5 rings (SSSR count). The van der Waals surface area contributed by atoms with Crippen LogP contribution in [0.1, 0.15) is 12.8 Å². The van der Waals surface area contributed by atoms with Crippen LogP contribution < -0.4 is 24.4 Å². The molecule has 11 nitrogen and oxygen atoms in total. The van der Waals surface area contributed by atoms with Gasteiger partial charge in [0.2, 0.25) is 5.91 Å². The van der Waals surface area contributed by atoms with E-state index in [4.69, 9.17) is 14.5 Å². The van der Waals surface area contributed by atoms with E-state index in [0.717, 1.165) is 30.2 Å². The van der Waals surface area contributed by atoms with Crippen molar-refractivity contribution in [1.29, 1.82) is 0 Å². The summed E-state index contributed by atoms with van der Waals surface area (Å²) in [6.07, 6.45) is 2.16. The van der Waals surface area contributed by atoms with Gasteiger partial charge >= 0.3 is 0 Å². The Hall–Kier alpha value is -4.26. The zero-order chi connectivity index (χ0) is 28.1. The van der Waals surface area contributed by atoms with Crippen LogP contribution in [-0.4, -0.2) is 63.4 Å². The molecular formula is C28H29N6O5S-. The van der Waals surface area contributed by atoms with Gasteiger partial charge in [0.15, 0.2) is 11.6 Å². The molecule has 0 spiro atoms. The highest BCUT2D eigenvalue weighted by Gasteiger charge is 2.21. The van der Waals surface area contributed by atoms with Crippen LogP contribution in [-0.2, 0) is 16.1 Å². The topological polar surface area (TPSA) is 132 Å². The molecule has 208 valence electrons. The lowest BCUT2D eigenvalue weighted by molar-refractivity contribution is -0.117. The normalized spacial score (nSPS) is 14.1. The third-order valence-electron chi connectivity index (χ3n) is 6.44. The Morgan fingerprint density at radius 1 is 0.950 bits per heavy atom. The average molecular weight is 562 g/mol. The van der Waals surface area contributed by atoms with Gasteiger partial charge in [-0.1, -0.05) is 18.2 Å². The van der Waals surface area contributed by atoms with Crippen LogP contribution in [0.4, 0.5) is 28.7 Å². The molecule has 1 amide bonds. The Labute approximate surface area is 234 Å². The summed E-state index contributed by atoms with van der Waals surface area (Å²) in [6.45, 7) is 2.08. The number of methoxy groups -OCH3 is 2. The average Bonchev–Trinajstić information content (AvgIpc) is 3.46. The first-order valence-electron chi connectivity index (χ1n) is 12.7. The van der Waals surface area contributed by atoms with Crippen molar-refractivity contribution >= 4 is 56.9 Å². The van der Waals surface area contributed by atoms with Crippen molar-refractivity contribution in [2.45, 2.75) is 12.8 Å². The van der Waals surface area contributed by atoms with E-state index in [1.54, 1.807) is 74.9 Å². The number of benzene rings is 3. The van der Waals surface area contributed by atoms with E-state index in [-0.39, 0.29) is 29.8 Å². The van der Waals surface area contributed by atoms with Crippen molar-refractivity contribution in [2.24, 2.45) is 0 Å². The summed E-state index contributed by atoms with van der Waals surface area (Å²) in [7, 11) is 3.08. The zero-order valence-electron chi connectivity index (χ0n) is 22.1. The second-order valence-electron chi connectivity index (χ2n) is 9.20. The number of hydrogen-bond acceptors (Lipinski definition) is 9. The summed E-state index contributed by atoms with van der Waals surface area (Å²) in [6, 6.07) is 19.0. The van der Waals surface area contributed by atoms with Crippen LogP contribution in [0, 0.1) is 0 Å². The maximum Gasteiger partial charge on any atom is 0.238 e. The number of para-hydroxylation sites is 2. The van der Waals surface area contributed by atoms with Crippen molar-refractivity contribution in [3.63, 3.8) is 0 Å². The van der Waals surface area contributed by atoms with Gasteiger partial charge in [0.1, 0.15) is 11.5 Å². The maximum absolute atomic E-state index is 12.7. The maximum atomic E-state index is 12.7. The van der Waals surface area contributed by atoms with Crippen molar-refractivity contribution in [3.8, 4) is 11.5 Å². The van der Waals surface area contributed by atoms with E-state index in [1.807, 2.05) is 6.07 Å². The molecule has 2 N–H and O–H groups in total. The molecule has 1 saturated heterocycles. The molecule has 1 aliphatic rings. The van der Waals surface area contributed by atoms with E-state index in [0.29, 0.717) is 33.9 Å². The number of ether oxygens (including phenoxy) is 2. The number of amides is 1. The summed E-state index contributed by atoms with van der Waals surface area (Å²) < 4.78 is 37.2. The first-order chi connectivity index (χ1) is 19.4. The molecule has 0 aliphatic carbocycles. The highest BCUT2D eigenvalue weighted by Crippen LogP contribution is 2.36. The fourth-order valence-corrected chi connectivity index (χ4v) is 5.12. The van der Waals surface area contributed by atoms with Gasteiger partial charge in [0, 0.05) is 29.6 Å². The number of nitrogens with zero attached hydrogens (tertiary/aromatic N) is 4. The monoisotopic (exact) mass is 561 g/mol. The molecule has 3 aromatic carbocycles. The Bertz CT molecular complexity index is 1520. The molecule has 0 radical (unpaired) electrons. The van der Waals surface area contributed by atoms with Gasteiger partial charge in [-0.15, -0.1) is 0 Å². The predicted molar refractivity (Wildman–Crippen MR) is 154 cm³/mol. The lowest BCUT2D eigenvalue weighted by atomic mass is 10.2. The highest BCUT2D eigenvalue weighted by atomic mass is 32.2. The molecule has 1 unspecified atom stereocenters. The largest absolute Gasteiger partial charge is 0.755 e. The number of likely N-dealkylation sites (tertiary alicyclic amines) is 1. The molecular weight excluding hydrogens is 532 g/mol. The van der Waals surface area contributed by atoms with E-state index < -0.39 is 11.3 Å². The lowest BCUT2D eigenvalue weighted by Gasteiger charge is -2.27. The molecule has 1 atom stereocenters. The van der Waals surface area contributed by atoms with Gasteiger partial charge in [0.25, 0.3) is 0 Å². The molecule has 2 heterocycles. The van der Waals surface area contributed by atoms with Crippen LogP contribution in [0.2, 0.25) is 0 Å². The molecule has 1 aliphatic heterocycles. The number of carbonyl (C=O) groups is 1. The van der Waals surface area contributed by atoms with Gasteiger partial charge in [-0.3, -0.25) is 18.2 Å². The number of aromatic nitrogens is 2. The van der Waals surface area contributed by atoms with Crippen LogP contribution in [0.15, 0.2) is 66.7 Å². The zero-order valence-corrected chi connectivity index (χ0v) is 22.9. The minimum absolute atomic E-state index is 0.0503. The summed E-state index contributed by atoms with van der Waals surface area (Å²) in [5.74, 6) is 1.17. The van der Waals surface area contributed by atoms with E-state index in [9.17, 15) is 13.6 Å². The first kappa shape index (κ1) is 27.3. The third-order valence-corrected chi connectivity index (χ3v) is 7.12. The van der Waals surface area contributed by atoms with Crippen LogP contribution in [0.3, 0.4) is 0 Å². The Morgan fingerprint density at radius 2 is 1.62 bits per heavy atom. The number of nitrogens with one attached hydrogen (secondary N) is 2. The van der Waals surface area contributed by atoms with Crippen molar-refractivity contribution in [1.82, 2.24) is 14.9 Å². The molecule has 4 aromatic rings.